The molecule has 1 saturated heterocycles. The standard InChI is InChI=1S/C16H29N3O3/c1-5-7-16(21)17(4)8-6-9-18(14(2)20)10-11-19-12-13-22-15(19)3/h3,5-13H2,1-2,4H3. The first kappa shape index (κ1) is 18.3. The van der Waals surface area contributed by atoms with Crippen LogP contribution in [0.1, 0.15) is 33.1 Å². The quantitative estimate of drug-likeness (QED) is 0.644. The molecule has 6 nitrogen and oxygen atoms in total. The summed E-state index contributed by atoms with van der Waals surface area (Å²) < 4.78 is 5.30. The van der Waals surface area contributed by atoms with Gasteiger partial charge in [-0.3, -0.25) is 9.59 Å². The third-order valence-electron chi connectivity index (χ3n) is 3.88. The highest BCUT2D eigenvalue weighted by atomic mass is 16.5. The van der Waals surface area contributed by atoms with Gasteiger partial charge in [-0.15, -0.1) is 0 Å². The Morgan fingerprint density at radius 2 is 2.05 bits per heavy atom. The third-order valence-corrected chi connectivity index (χ3v) is 3.88. The molecular formula is C16H29N3O3. The van der Waals surface area contributed by atoms with E-state index in [4.69, 9.17) is 4.74 Å². The van der Waals surface area contributed by atoms with Gasteiger partial charge in [0.2, 0.25) is 11.8 Å². The van der Waals surface area contributed by atoms with E-state index in [1.807, 2.05) is 23.8 Å². The van der Waals surface area contributed by atoms with E-state index in [1.165, 1.54) is 0 Å². The van der Waals surface area contributed by atoms with Crippen LogP contribution >= 0.6 is 0 Å². The largest absolute Gasteiger partial charge is 0.478 e. The Balaban J connectivity index is 2.30. The van der Waals surface area contributed by atoms with Crippen molar-refractivity contribution in [2.75, 3.05) is 46.4 Å². The predicted molar refractivity (Wildman–Crippen MR) is 86.1 cm³/mol. The summed E-state index contributed by atoms with van der Waals surface area (Å²) in [5.41, 5.74) is 0. The van der Waals surface area contributed by atoms with Crippen molar-refractivity contribution in [2.45, 2.75) is 33.1 Å². The summed E-state index contributed by atoms with van der Waals surface area (Å²) >= 11 is 0. The minimum atomic E-state index is 0.0632. The predicted octanol–water partition coefficient (Wildman–Crippen LogP) is 1.29. The molecule has 0 aromatic rings. The number of nitrogens with zero attached hydrogens (tertiary/aromatic N) is 3. The molecule has 0 aromatic carbocycles. The maximum absolute atomic E-state index is 11.7. The molecule has 0 radical (unpaired) electrons. The Morgan fingerprint density at radius 1 is 1.32 bits per heavy atom. The van der Waals surface area contributed by atoms with E-state index in [0.717, 1.165) is 25.9 Å². The van der Waals surface area contributed by atoms with Gasteiger partial charge < -0.3 is 19.4 Å². The summed E-state index contributed by atoms with van der Waals surface area (Å²) in [4.78, 5) is 29.0. The zero-order chi connectivity index (χ0) is 16.5. The van der Waals surface area contributed by atoms with Gasteiger partial charge in [0.05, 0.1) is 6.54 Å². The molecule has 22 heavy (non-hydrogen) atoms. The summed E-state index contributed by atoms with van der Waals surface area (Å²) in [6.45, 7) is 11.7. The molecule has 0 spiro atoms. The first-order valence-corrected chi connectivity index (χ1v) is 8.01. The normalized spacial score (nSPS) is 14.0. The van der Waals surface area contributed by atoms with E-state index < -0.39 is 0 Å². The lowest BCUT2D eigenvalue weighted by atomic mass is 10.3. The van der Waals surface area contributed by atoms with Gasteiger partial charge >= 0.3 is 0 Å². The SMILES string of the molecule is C=C1OCCN1CCN(CCCN(C)C(=O)CCC)C(C)=O. The van der Waals surface area contributed by atoms with Crippen molar-refractivity contribution in [3.8, 4) is 0 Å². The number of ether oxygens (including phenoxy) is 1. The van der Waals surface area contributed by atoms with Gasteiger partial charge in [0.15, 0.2) is 5.88 Å². The fraction of sp³-hybridized carbons (Fsp3) is 0.750. The van der Waals surface area contributed by atoms with E-state index in [9.17, 15) is 9.59 Å². The van der Waals surface area contributed by atoms with Crippen molar-refractivity contribution in [2.24, 2.45) is 0 Å². The molecule has 0 N–H and O–H groups in total. The van der Waals surface area contributed by atoms with Gasteiger partial charge in [-0.05, 0) is 19.4 Å². The maximum atomic E-state index is 11.7. The Hall–Kier alpha value is -1.72. The lowest BCUT2D eigenvalue weighted by molar-refractivity contribution is -0.130. The molecule has 1 aliphatic rings. The second-order valence-electron chi connectivity index (χ2n) is 5.65. The molecule has 0 atom stereocenters. The topological polar surface area (TPSA) is 53.1 Å². The summed E-state index contributed by atoms with van der Waals surface area (Å²) in [5, 5.41) is 0. The number of hydrogen-bond acceptors (Lipinski definition) is 4. The van der Waals surface area contributed by atoms with Crippen LogP contribution in [0.15, 0.2) is 12.5 Å². The Kier molecular flexibility index (Phi) is 7.77. The van der Waals surface area contributed by atoms with Crippen molar-refractivity contribution >= 4 is 11.8 Å². The van der Waals surface area contributed by atoms with E-state index in [2.05, 4.69) is 6.58 Å². The molecule has 1 heterocycles. The summed E-state index contributed by atoms with van der Waals surface area (Å²) in [6, 6.07) is 0. The molecule has 1 aliphatic heterocycles. The molecule has 0 unspecified atom stereocenters. The summed E-state index contributed by atoms with van der Waals surface area (Å²) in [7, 11) is 1.82. The monoisotopic (exact) mass is 311 g/mol. The molecule has 0 bridgehead atoms. The number of hydrogen-bond donors (Lipinski definition) is 0. The molecule has 0 saturated carbocycles. The molecule has 6 heteroatoms. The van der Waals surface area contributed by atoms with Gasteiger partial charge in [-0.25, -0.2) is 0 Å². The van der Waals surface area contributed by atoms with Crippen LogP contribution in [0.5, 0.6) is 0 Å². The maximum Gasteiger partial charge on any atom is 0.222 e. The fourth-order valence-corrected chi connectivity index (χ4v) is 2.42. The van der Waals surface area contributed by atoms with Crippen LogP contribution in [0.25, 0.3) is 0 Å². The van der Waals surface area contributed by atoms with Gasteiger partial charge in [0, 0.05) is 46.6 Å². The molecule has 1 rings (SSSR count). The highest BCUT2D eigenvalue weighted by Crippen LogP contribution is 2.11. The third kappa shape index (κ3) is 5.95. The van der Waals surface area contributed by atoms with Gasteiger partial charge in [-0.2, -0.15) is 0 Å². The van der Waals surface area contributed by atoms with Gasteiger partial charge in [-0.1, -0.05) is 6.92 Å². The summed E-state index contributed by atoms with van der Waals surface area (Å²) in [5.74, 6) is 0.920. The first-order chi connectivity index (χ1) is 10.5. The van der Waals surface area contributed by atoms with E-state index in [1.54, 1.807) is 11.8 Å². The van der Waals surface area contributed by atoms with Crippen molar-refractivity contribution < 1.29 is 14.3 Å². The van der Waals surface area contributed by atoms with Crippen molar-refractivity contribution in [3.63, 3.8) is 0 Å². The van der Waals surface area contributed by atoms with Crippen LogP contribution in [0.3, 0.4) is 0 Å². The van der Waals surface area contributed by atoms with Crippen LogP contribution in [-0.4, -0.2) is 72.9 Å². The van der Waals surface area contributed by atoms with Crippen molar-refractivity contribution in [3.05, 3.63) is 12.5 Å². The Bertz CT molecular complexity index is 398. The second-order valence-corrected chi connectivity index (χ2v) is 5.65. The molecular weight excluding hydrogens is 282 g/mol. The average molecular weight is 311 g/mol. The minimum absolute atomic E-state index is 0.0632. The van der Waals surface area contributed by atoms with Crippen LogP contribution in [0.2, 0.25) is 0 Å². The molecule has 126 valence electrons. The highest BCUT2D eigenvalue weighted by molar-refractivity contribution is 5.75. The second kappa shape index (κ2) is 9.33. The number of rotatable bonds is 9. The van der Waals surface area contributed by atoms with Crippen LogP contribution < -0.4 is 0 Å². The molecule has 0 aromatic heterocycles. The first-order valence-electron chi connectivity index (χ1n) is 8.01. The average Bonchev–Trinajstić information content (AvgIpc) is 2.87. The Morgan fingerprint density at radius 3 is 2.59 bits per heavy atom. The van der Waals surface area contributed by atoms with E-state index in [0.29, 0.717) is 38.5 Å². The number of carbonyl (C=O) groups excluding carboxylic acids is 2. The molecule has 0 aliphatic carbocycles. The molecule has 2 amide bonds. The van der Waals surface area contributed by atoms with E-state index >= 15 is 0 Å². The van der Waals surface area contributed by atoms with Crippen LogP contribution in [-0.2, 0) is 14.3 Å². The Labute approximate surface area is 133 Å². The van der Waals surface area contributed by atoms with Crippen molar-refractivity contribution in [1.82, 2.24) is 14.7 Å². The van der Waals surface area contributed by atoms with Crippen molar-refractivity contribution in [1.29, 1.82) is 0 Å². The minimum Gasteiger partial charge on any atom is -0.478 e. The van der Waals surface area contributed by atoms with Gasteiger partial charge in [0.1, 0.15) is 6.61 Å². The zero-order valence-electron chi connectivity index (χ0n) is 14.1. The van der Waals surface area contributed by atoms with Crippen LogP contribution in [0.4, 0.5) is 0 Å². The summed E-state index contributed by atoms with van der Waals surface area (Å²) in [6.07, 6.45) is 2.25. The highest BCUT2D eigenvalue weighted by Gasteiger charge is 2.18. The zero-order valence-corrected chi connectivity index (χ0v) is 14.1. The lowest BCUT2D eigenvalue weighted by Gasteiger charge is -2.26. The fourth-order valence-electron chi connectivity index (χ4n) is 2.42. The lowest BCUT2D eigenvalue weighted by Crippen LogP contribution is -2.38. The smallest absolute Gasteiger partial charge is 0.222 e. The number of carbonyl (C=O) groups is 2. The van der Waals surface area contributed by atoms with Crippen LogP contribution in [0, 0.1) is 0 Å². The molecule has 1 fully saturated rings. The number of amides is 2. The van der Waals surface area contributed by atoms with Gasteiger partial charge in [0.25, 0.3) is 0 Å². The van der Waals surface area contributed by atoms with E-state index in [-0.39, 0.29) is 11.8 Å².